The predicted octanol–water partition coefficient (Wildman–Crippen LogP) is 0.624. The van der Waals surface area contributed by atoms with Crippen LogP contribution in [0.4, 0.5) is 5.13 Å². The van der Waals surface area contributed by atoms with Gasteiger partial charge in [0.25, 0.3) is 11.8 Å². The van der Waals surface area contributed by atoms with Crippen LogP contribution in [0.15, 0.2) is 34.0 Å². The van der Waals surface area contributed by atoms with Crippen molar-refractivity contribution in [3.8, 4) is 0 Å². The lowest BCUT2D eigenvalue weighted by atomic mass is 10.00. The molecule has 2 atom stereocenters. The summed E-state index contributed by atoms with van der Waals surface area (Å²) in [7, 11) is 0. The van der Waals surface area contributed by atoms with E-state index in [9.17, 15) is 29.4 Å². The van der Waals surface area contributed by atoms with Crippen LogP contribution >= 0.6 is 23.1 Å². The maximum atomic E-state index is 13.0. The zero-order valence-electron chi connectivity index (χ0n) is 17.8. The van der Waals surface area contributed by atoms with Gasteiger partial charge in [0.2, 0.25) is 5.60 Å². The van der Waals surface area contributed by atoms with E-state index in [1.54, 1.807) is 6.92 Å². The highest BCUT2D eigenvalue weighted by molar-refractivity contribution is 8.00. The highest BCUT2D eigenvalue weighted by Crippen LogP contribution is 2.41. The number of rotatable bonds is 8. The van der Waals surface area contributed by atoms with Gasteiger partial charge in [-0.25, -0.2) is 14.6 Å². The fourth-order valence-electron chi connectivity index (χ4n) is 2.95. The van der Waals surface area contributed by atoms with Crippen molar-refractivity contribution < 1.29 is 34.2 Å². The molecule has 0 spiro atoms. The third-order valence-corrected chi connectivity index (χ3v) is 6.79. The third kappa shape index (κ3) is 4.57. The van der Waals surface area contributed by atoms with Crippen LogP contribution in [0.5, 0.6) is 0 Å². The lowest BCUT2D eigenvalue weighted by molar-refractivity contribution is -0.161. The van der Waals surface area contributed by atoms with Crippen molar-refractivity contribution in [2.24, 2.45) is 5.16 Å². The lowest BCUT2D eigenvalue weighted by Gasteiger charge is -2.49. The summed E-state index contributed by atoms with van der Waals surface area (Å²) < 4.78 is 0. The number of nitrogen functional groups attached to an aromatic ring is 1. The molecule has 0 bridgehead atoms. The molecule has 0 radical (unpaired) electrons. The molecule has 0 aromatic carbocycles. The van der Waals surface area contributed by atoms with Gasteiger partial charge in [-0.05, 0) is 26.3 Å². The van der Waals surface area contributed by atoms with Gasteiger partial charge in [-0.2, -0.15) is 0 Å². The number of aliphatic carboxylic acids is 2. The highest BCUT2D eigenvalue weighted by atomic mass is 32.2. The number of carboxylic acids is 2. The summed E-state index contributed by atoms with van der Waals surface area (Å²) in [5, 5.41) is 25.9. The Balaban J connectivity index is 1.85. The van der Waals surface area contributed by atoms with Crippen LogP contribution in [-0.2, 0) is 24.0 Å². The molecule has 1 fully saturated rings. The standard InChI is InChI=1S/C19H21N5O7S2/c1-7(2)8-5-32-15-11(14(26)24(15)12(8)16(27)28)22-13(25)10(9-6-33-18(20)21-9)23-31-19(3,4)17(29)30/h6,11,15H,1,5H2,2-4H3,(H2,20,21)(H,22,25)(H,27,28)(H,29,30)/b23-10-/t11-,15-/m1/s1. The number of nitrogens with two attached hydrogens (primary N) is 1. The van der Waals surface area contributed by atoms with E-state index >= 15 is 0 Å². The van der Waals surface area contributed by atoms with Crippen molar-refractivity contribution in [2.75, 3.05) is 11.5 Å². The Morgan fingerprint density at radius 2 is 2.06 bits per heavy atom. The molecule has 2 aliphatic rings. The van der Waals surface area contributed by atoms with Gasteiger partial charge in [0.05, 0.1) is 0 Å². The van der Waals surface area contributed by atoms with Gasteiger partial charge >= 0.3 is 11.9 Å². The summed E-state index contributed by atoms with van der Waals surface area (Å²) in [6.45, 7) is 7.91. The van der Waals surface area contributed by atoms with Crippen LogP contribution < -0.4 is 11.1 Å². The summed E-state index contributed by atoms with van der Waals surface area (Å²) in [4.78, 5) is 59.0. The molecule has 3 rings (SSSR count). The Kier molecular flexibility index (Phi) is 6.51. The molecule has 1 saturated heterocycles. The number of aromatic nitrogens is 1. The number of hydrogen-bond donors (Lipinski definition) is 4. The van der Waals surface area contributed by atoms with Crippen LogP contribution in [0.2, 0.25) is 0 Å². The Bertz CT molecular complexity index is 1120. The van der Waals surface area contributed by atoms with Gasteiger partial charge in [-0.15, -0.1) is 23.1 Å². The van der Waals surface area contributed by atoms with E-state index in [2.05, 4.69) is 22.0 Å². The number of thioether (sulfide) groups is 1. The molecule has 0 aliphatic carbocycles. The molecule has 14 heteroatoms. The molecule has 0 saturated carbocycles. The minimum Gasteiger partial charge on any atom is -0.478 e. The Morgan fingerprint density at radius 1 is 1.39 bits per heavy atom. The van der Waals surface area contributed by atoms with E-state index in [1.165, 1.54) is 31.0 Å². The highest BCUT2D eigenvalue weighted by Gasteiger charge is 2.54. The normalized spacial score (nSPS) is 20.6. The van der Waals surface area contributed by atoms with E-state index in [0.29, 0.717) is 16.9 Å². The second kappa shape index (κ2) is 8.86. The van der Waals surface area contributed by atoms with Gasteiger partial charge in [0.1, 0.15) is 22.8 Å². The monoisotopic (exact) mass is 495 g/mol. The SMILES string of the molecule is C=C(C)C1=C(C(=O)O)N2C(=O)[C@@H](NC(=O)/C(=N\OC(C)(C)C(=O)O)c3csc(N)n3)[C@H]2SC1. The molecular formula is C19H21N5O7S2. The second-order valence-corrected chi connectivity index (χ2v) is 9.69. The summed E-state index contributed by atoms with van der Waals surface area (Å²) in [5.74, 6) is -3.74. The van der Waals surface area contributed by atoms with Crippen molar-refractivity contribution in [2.45, 2.75) is 37.8 Å². The Hall–Kier alpha value is -3.39. The molecular weight excluding hydrogens is 474 g/mol. The molecule has 12 nitrogen and oxygen atoms in total. The number of carboxylic acid groups (broad SMARTS) is 2. The van der Waals surface area contributed by atoms with E-state index in [0.717, 1.165) is 16.2 Å². The number of allylic oxidation sites excluding steroid dienone is 1. The number of carbonyl (C=O) groups is 4. The Labute approximate surface area is 196 Å². The molecule has 3 heterocycles. The van der Waals surface area contributed by atoms with Crippen LogP contribution in [0.1, 0.15) is 26.5 Å². The molecule has 1 aromatic rings. The van der Waals surface area contributed by atoms with Gasteiger partial charge in [0.15, 0.2) is 10.8 Å². The maximum absolute atomic E-state index is 13.0. The Morgan fingerprint density at radius 3 is 2.58 bits per heavy atom. The van der Waals surface area contributed by atoms with Crippen molar-refractivity contribution in [1.82, 2.24) is 15.2 Å². The van der Waals surface area contributed by atoms with E-state index < -0.39 is 40.8 Å². The molecule has 2 aliphatic heterocycles. The van der Waals surface area contributed by atoms with Crippen LogP contribution in [-0.4, -0.2) is 72.3 Å². The zero-order valence-corrected chi connectivity index (χ0v) is 19.5. The van der Waals surface area contributed by atoms with Crippen molar-refractivity contribution >= 4 is 57.7 Å². The first-order valence-corrected chi connectivity index (χ1v) is 11.4. The minimum atomic E-state index is -1.74. The quantitative estimate of drug-likeness (QED) is 0.226. The number of thiazole rings is 1. The number of hydrogen-bond acceptors (Lipinski definition) is 10. The molecule has 33 heavy (non-hydrogen) atoms. The first kappa shape index (κ1) is 24.3. The largest absolute Gasteiger partial charge is 0.478 e. The number of fused-ring (bicyclic) bond motifs is 1. The number of nitrogens with one attached hydrogen (secondary N) is 1. The number of β-lactam (4-membered cyclic amide) rings is 1. The van der Waals surface area contributed by atoms with Gasteiger partial charge < -0.3 is 26.1 Å². The van der Waals surface area contributed by atoms with E-state index in [4.69, 9.17) is 10.6 Å². The van der Waals surface area contributed by atoms with Crippen LogP contribution in [0.3, 0.4) is 0 Å². The molecule has 5 N–H and O–H groups in total. The average molecular weight is 496 g/mol. The topological polar surface area (TPSA) is 185 Å². The average Bonchev–Trinajstić information content (AvgIpc) is 3.16. The molecule has 0 unspecified atom stereocenters. The fraction of sp³-hybridized carbons (Fsp3) is 0.368. The number of amides is 2. The van der Waals surface area contributed by atoms with Crippen LogP contribution in [0, 0.1) is 0 Å². The lowest BCUT2D eigenvalue weighted by Crippen LogP contribution is -2.71. The van der Waals surface area contributed by atoms with Gasteiger partial charge in [-0.1, -0.05) is 17.3 Å². The summed E-state index contributed by atoms with van der Waals surface area (Å²) >= 11 is 2.31. The zero-order chi connectivity index (χ0) is 24.7. The first-order chi connectivity index (χ1) is 15.3. The molecule has 2 amide bonds. The number of anilines is 1. The third-order valence-electron chi connectivity index (χ3n) is 4.83. The van der Waals surface area contributed by atoms with E-state index in [1.807, 2.05) is 0 Å². The molecule has 176 valence electrons. The maximum Gasteiger partial charge on any atom is 0.352 e. The van der Waals surface area contributed by atoms with Crippen molar-refractivity contribution in [1.29, 1.82) is 0 Å². The first-order valence-electron chi connectivity index (χ1n) is 9.44. The molecule has 1 aromatic heterocycles. The minimum absolute atomic E-state index is 0.0341. The van der Waals surface area contributed by atoms with Crippen molar-refractivity contribution in [3.63, 3.8) is 0 Å². The fourth-order valence-corrected chi connectivity index (χ4v) is 4.96. The second-order valence-electron chi connectivity index (χ2n) is 7.69. The summed E-state index contributed by atoms with van der Waals surface area (Å²) in [6.07, 6.45) is 0. The summed E-state index contributed by atoms with van der Waals surface area (Å²) in [6, 6.07) is -1.03. The van der Waals surface area contributed by atoms with Gasteiger partial charge in [0, 0.05) is 11.1 Å². The van der Waals surface area contributed by atoms with E-state index in [-0.39, 0.29) is 22.2 Å². The smallest absolute Gasteiger partial charge is 0.352 e. The number of nitrogens with zero attached hydrogens (tertiary/aromatic N) is 3. The summed E-state index contributed by atoms with van der Waals surface area (Å²) in [5.41, 5.74) is 4.38. The number of carbonyl (C=O) groups excluding carboxylic acids is 2. The van der Waals surface area contributed by atoms with Crippen LogP contribution in [0.25, 0.3) is 0 Å². The number of oxime groups is 1. The predicted molar refractivity (Wildman–Crippen MR) is 120 cm³/mol. The van der Waals surface area contributed by atoms with Gasteiger partial charge in [-0.3, -0.25) is 14.5 Å². The van der Waals surface area contributed by atoms with Crippen molar-refractivity contribution in [3.05, 3.63) is 34.5 Å².